The van der Waals surface area contributed by atoms with E-state index in [1.54, 1.807) is 0 Å². The van der Waals surface area contributed by atoms with Crippen molar-refractivity contribution < 1.29 is 27.2 Å². The van der Waals surface area contributed by atoms with Crippen LogP contribution in [0.5, 0.6) is 0 Å². The molecular formula is C30H31F4N7O3. The normalized spacial score (nSPS) is 19.5. The van der Waals surface area contributed by atoms with Gasteiger partial charge in [0, 0.05) is 68.5 Å². The van der Waals surface area contributed by atoms with E-state index in [1.165, 1.54) is 24.5 Å². The lowest BCUT2D eigenvalue weighted by molar-refractivity contribution is -0.138. The molecule has 44 heavy (non-hydrogen) atoms. The number of carbonyl (C=O) groups excluding carboxylic acids is 2. The van der Waals surface area contributed by atoms with Gasteiger partial charge in [0.2, 0.25) is 11.5 Å². The maximum atomic E-state index is 15.9. The molecule has 2 aromatic heterocycles. The minimum atomic E-state index is -4.96. The Kier molecular flexibility index (Phi) is 8.55. The Hall–Kier alpha value is -4.59. The SMILES string of the molecule is C[C@@H]1CN(c2cc(F)c(C3=CCCN(c4ncc(C=O)cn4)C3)cc2NC(=O)c2c[nH]c(=O)cc2C(F)(F)F)C[C@H](C)N1C. The zero-order valence-electron chi connectivity index (χ0n) is 24.3. The van der Waals surface area contributed by atoms with E-state index >= 15 is 4.39 Å². The van der Waals surface area contributed by atoms with Crippen molar-refractivity contribution in [3.63, 3.8) is 0 Å². The summed E-state index contributed by atoms with van der Waals surface area (Å²) in [7, 11) is 1.98. The number of pyridine rings is 1. The number of nitrogens with one attached hydrogen (secondary N) is 2. The monoisotopic (exact) mass is 613 g/mol. The second-order valence-corrected chi connectivity index (χ2v) is 11.1. The number of nitrogens with zero attached hydrogens (tertiary/aromatic N) is 5. The van der Waals surface area contributed by atoms with Gasteiger partial charge in [-0.25, -0.2) is 14.4 Å². The molecular weight excluding hydrogens is 582 g/mol. The minimum absolute atomic E-state index is 0.0706. The van der Waals surface area contributed by atoms with E-state index in [0.29, 0.717) is 61.2 Å². The fourth-order valence-corrected chi connectivity index (χ4v) is 5.52. The van der Waals surface area contributed by atoms with Gasteiger partial charge in [0.1, 0.15) is 5.82 Å². The number of H-pyrrole nitrogens is 1. The molecule has 2 atom stereocenters. The van der Waals surface area contributed by atoms with Gasteiger partial charge in [0.05, 0.1) is 28.1 Å². The first-order valence-corrected chi connectivity index (χ1v) is 14.0. The molecule has 1 aromatic carbocycles. The summed E-state index contributed by atoms with van der Waals surface area (Å²) in [6.45, 7) is 5.74. The molecule has 0 aliphatic carbocycles. The summed E-state index contributed by atoms with van der Waals surface area (Å²) in [5.74, 6) is -1.32. The maximum absolute atomic E-state index is 15.9. The quantitative estimate of drug-likeness (QED) is 0.314. The van der Waals surface area contributed by atoms with Crippen LogP contribution in [0.3, 0.4) is 0 Å². The Labute approximate surface area is 250 Å². The number of anilines is 3. The Bertz CT molecular complexity index is 1640. The van der Waals surface area contributed by atoms with Gasteiger partial charge < -0.3 is 20.1 Å². The van der Waals surface area contributed by atoms with Gasteiger partial charge in [-0.3, -0.25) is 19.3 Å². The maximum Gasteiger partial charge on any atom is 0.417 e. The van der Waals surface area contributed by atoms with Crippen LogP contribution in [0.4, 0.5) is 34.9 Å². The number of benzene rings is 1. The number of alkyl halides is 3. The van der Waals surface area contributed by atoms with Gasteiger partial charge in [-0.05, 0) is 45.0 Å². The smallest absolute Gasteiger partial charge is 0.367 e. The molecule has 1 amide bonds. The lowest BCUT2D eigenvalue weighted by Crippen LogP contribution is -2.55. The third-order valence-corrected chi connectivity index (χ3v) is 8.08. The Balaban J connectivity index is 1.54. The van der Waals surface area contributed by atoms with Crippen LogP contribution in [0.1, 0.15) is 52.1 Å². The van der Waals surface area contributed by atoms with Gasteiger partial charge in [0.25, 0.3) is 5.91 Å². The highest BCUT2D eigenvalue weighted by Gasteiger charge is 2.36. The molecule has 3 aromatic rings. The molecule has 5 rings (SSSR count). The second kappa shape index (κ2) is 12.2. The van der Waals surface area contributed by atoms with Gasteiger partial charge in [-0.1, -0.05) is 6.08 Å². The molecule has 2 aliphatic heterocycles. The predicted molar refractivity (Wildman–Crippen MR) is 158 cm³/mol. The Morgan fingerprint density at radius 2 is 1.77 bits per heavy atom. The fourth-order valence-electron chi connectivity index (χ4n) is 5.52. The number of piperazine rings is 1. The number of amides is 1. The molecule has 2 N–H and O–H groups in total. The van der Waals surface area contributed by atoms with E-state index in [1.807, 2.05) is 36.8 Å². The van der Waals surface area contributed by atoms with E-state index in [2.05, 4.69) is 25.2 Å². The van der Waals surface area contributed by atoms with Gasteiger partial charge >= 0.3 is 6.18 Å². The summed E-state index contributed by atoms with van der Waals surface area (Å²) >= 11 is 0. The second-order valence-electron chi connectivity index (χ2n) is 11.1. The molecule has 0 bridgehead atoms. The van der Waals surface area contributed by atoms with Crippen LogP contribution >= 0.6 is 0 Å². The first-order valence-electron chi connectivity index (χ1n) is 14.0. The minimum Gasteiger partial charge on any atom is -0.367 e. The van der Waals surface area contributed by atoms with Crippen molar-refractivity contribution in [2.24, 2.45) is 0 Å². The summed E-state index contributed by atoms with van der Waals surface area (Å²) < 4.78 is 57.2. The van der Waals surface area contributed by atoms with Crippen molar-refractivity contribution in [2.75, 3.05) is 48.3 Å². The van der Waals surface area contributed by atoms with Gasteiger partial charge in [0.15, 0.2) is 6.29 Å². The number of hydrogen-bond donors (Lipinski definition) is 2. The molecule has 14 heteroatoms. The number of halogens is 4. The van der Waals surface area contributed by atoms with Crippen LogP contribution in [0.15, 0.2) is 47.7 Å². The van der Waals surface area contributed by atoms with Crippen LogP contribution in [0.2, 0.25) is 0 Å². The van der Waals surface area contributed by atoms with Gasteiger partial charge in [-0.15, -0.1) is 0 Å². The molecule has 1 saturated heterocycles. The Morgan fingerprint density at radius 3 is 2.41 bits per heavy atom. The zero-order valence-corrected chi connectivity index (χ0v) is 24.3. The molecule has 0 spiro atoms. The molecule has 4 heterocycles. The highest BCUT2D eigenvalue weighted by atomic mass is 19.4. The third-order valence-electron chi connectivity index (χ3n) is 8.08. The Morgan fingerprint density at radius 1 is 1.09 bits per heavy atom. The average molecular weight is 614 g/mol. The largest absolute Gasteiger partial charge is 0.417 e. The first kappa shape index (κ1) is 30.9. The van der Waals surface area contributed by atoms with E-state index in [9.17, 15) is 27.6 Å². The van der Waals surface area contributed by atoms with Crippen molar-refractivity contribution >= 4 is 35.1 Å². The number of likely N-dealkylation sites (N-methyl/N-ethyl adjacent to an activating group) is 1. The lowest BCUT2D eigenvalue weighted by Gasteiger charge is -2.44. The molecule has 232 valence electrons. The summed E-state index contributed by atoms with van der Waals surface area (Å²) in [5.41, 5.74) is -1.66. The van der Waals surface area contributed by atoms with Crippen LogP contribution < -0.4 is 20.7 Å². The van der Waals surface area contributed by atoms with E-state index in [0.717, 1.165) is 6.20 Å². The van der Waals surface area contributed by atoms with Crippen LogP contribution in [0.25, 0.3) is 5.57 Å². The molecule has 10 nitrogen and oxygen atoms in total. The predicted octanol–water partition coefficient (Wildman–Crippen LogP) is 4.21. The topological polar surface area (TPSA) is 115 Å². The van der Waals surface area contributed by atoms with Crippen LogP contribution in [-0.4, -0.2) is 77.4 Å². The number of aromatic nitrogens is 3. The van der Waals surface area contributed by atoms with Crippen molar-refractivity contribution in [1.29, 1.82) is 0 Å². The average Bonchev–Trinajstić information content (AvgIpc) is 2.99. The van der Waals surface area contributed by atoms with Crippen molar-refractivity contribution in [3.05, 3.63) is 81.3 Å². The lowest BCUT2D eigenvalue weighted by atomic mass is 9.98. The first-order chi connectivity index (χ1) is 20.8. The van der Waals surface area contributed by atoms with Crippen molar-refractivity contribution in [2.45, 2.75) is 38.5 Å². The summed E-state index contributed by atoms with van der Waals surface area (Å²) in [4.78, 5) is 52.5. The van der Waals surface area contributed by atoms with Crippen LogP contribution in [0, 0.1) is 5.82 Å². The molecule has 2 aliphatic rings. The third kappa shape index (κ3) is 6.34. The summed E-state index contributed by atoms with van der Waals surface area (Å²) in [6, 6.07) is 3.20. The van der Waals surface area contributed by atoms with E-state index < -0.39 is 34.6 Å². The number of rotatable bonds is 6. The molecule has 0 radical (unpaired) electrons. The van der Waals surface area contributed by atoms with Gasteiger partial charge in [-0.2, -0.15) is 13.2 Å². The summed E-state index contributed by atoms with van der Waals surface area (Å²) in [5, 5.41) is 2.58. The number of carbonyl (C=O) groups is 2. The van der Waals surface area contributed by atoms with E-state index in [4.69, 9.17) is 0 Å². The zero-order chi connectivity index (χ0) is 31.8. The summed E-state index contributed by atoms with van der Waals surface area (Å²) in [6.07, 6.45) is 1.55. The fraction of sp³-hybridized carbons (Fsp3) is 0.367. The van der Waals surface area contributed by atoms with Crippen molar-refractivity contribution in [1.82, 2.24) is 19.9 Å². The molecule has 0 saturated carbocycles. The highest BCUT2D eigenvalue weighted by molar-refractivity contribution is 6.07. The number of hydrogen-bond acceptors (Lipinski definition) is 8. The number of aromatic amines is 1. The van der Waals surface area contributed by atoms with Crippen molar-refractivity contribution in [3.8, 4) is 0 Å². The standard InChI is InChI=1S/C30H31F4N7O3/c1-17-13-41(14-18(2)39(17)3)26-9-24(31)21(20-5-4-6-40(15-20)29-36-10-19(16-42)11-37-29)7-25(26)38-28(44)22-12-35-27(43)8-23(22)30(32,33)34/h5,7-12,16-18H,4,6,13-15H2,1-3H3,(H,35,43)(H,38,44)/t17-,18+. The van der Waals surface area contributed by atoms with Crippen LogP contribution in [-0.2, 0) is 6.18 Å². The number of aldehydes is 1. The highest BCUT2D eigenvalue weighted by Crippen LogP contribution is 2.37. The van der Waals surface area contributed by atoms with E-state index in [-0.39, 0.29) is 29.9 Å². The molecule has 0 unspecified atom stereocenters. The molecule has 1 fully saturated rings.